The van der Waals surface area contributed by atoms with Crippen molar-refractivity contribution in [3.05, 3.63) is 48.0 Å². The Kier molecular flexibility index (Phi) is 6.66. The van der Waals surface area contributed by atoms with Crippen LogP contribution in [0.15, 0.2) is 42.5 Å². The molecule has 0 bridgehead atoms. The number of benzene rings is 2. The van der Waals surface area contributed by atoms with Crippen molar-refractivity contribution < 1.29 is 23.8 Å². The molecular formula is C22H27N3O5. The lowest BCUT2D eigenvalue weighted by atomic mass is 10.1. The molecule has 30 heavy (non-hydrogen) atoms. The lowest BCUT2D eigenvalue weighted by Crippen LogP contribution is -2.46. The van der Waals surface area contributed by atoms with Crippen LogP contribution >= 0.6 is 0 Å². The van der Waals surface area contributed by atoms with Gasteiger partial charge in [-0.05, 0) is 37.3 Å². The second kappa shape index (κ2) is 9.39. The topological polar surface area (TPSA) is 94.3 Å². The monoisotopic (exact) mass is 413 g/mol. The number of carbonyl (C=O) groups excluding carboxylic acids is 2. The van der Waals surface area contributed by atoms with Gasteiger partial charge in [0, 0.05) is 19.2 Å². The molecule has 0 saturated carbocycles. The van der Waals surface area contributed by atoms with E-state index in [2.05, 4.69) is 11.8 Å². The van der Waals surface area contributed by atoms with Gasteiger partial charge < -0.3 is 29.7 Å². The van der Waals surface area contributed by atoms with E-state index in [0.717, 1.165) is 18.0 Å². The molecule has 3 rings (SSSR count). The van der Waals surface area contributed by atoms with Crippen molar-refractivity contribution in [3.63, 3.8) is 0 Å². The number of hydrogen-bond donors (Lipinski definition) is 1. The molecule has 2 amide bonds. The molecule has 0 aromatic heterocycles. The van der Waals surface area contributed by atoms with E-state index in [1.54, 1.807) is 30.1 Å². The average molecular weight is 413 g/mol. The highest BCUT2D eigenvalue weighted by Gasteiger charge is 2.27. The summed E-state index contributed by atoms with van der Waals surface area (Å²) in [5, 5.41) is 0. The second-order valence-electron chi connectivity index (χ2n) is 7.05. The number of ether oxygens (including phenoxy) is 3. The zero-order valence-corrected chi connectivity index (χ0v) is 17.5. The van der Waals surface area contributed by atoms with Crippen molar-refractivity contribution in [1.82, 2.24) is 4.90 Å². The Balaban J connectivity index is 1.69. The third-order valence-electron chi connectivity index (χ3n) is 4.91. The van der Waals surface area contributed by atoms with E-state index in [9.17, 15) is 9.59 Å². The molecule has 0 spiro atoms. The van der Waals surface area contributed by atoms with Crippen LogP contribution in [0.1, 0.15) is 17.3 Å². The van der Waals surface area contributed by atoms with Gasteiger partial charge in [-0.3, -0.25) is 9.59 Å². The molecule has 0 aliphatic carbocycles. The number of para-hydroxylation sites is 2. The molecule has 0 saturated heterocycles. The summed E-state index contributed by atoms with van der Waals surface area (Å²) in [4.78, 5) is 27.8. The van der Waals surface area contributed by atoms with Gasteiger partial charge in [-0.2, -0.15) is 0 Å². The number of fused-ring (bicyclic) bond motifs is 1. The van der Waals surface area contributed by atoms with Gasteiger partial charge in [0.15, 0.2) is 18.1 Å². The quantitative estimate of drug-likeness (QED) is 0.711. The van der Waals surface area contributed by atoms with Gasteiger partial charge in [0.25, 0.3) is 11.8 Å². The van der Waals surface area contributed by atoms with Crippen molar-refractivity contribution >= 4 is 17.5 Å². The van der Waals surface area contributed by atoms with Crippen molar-refractivity contribution in [2.45, 2.75) is 13.0 Å². The number of amides is 2. The largest absolute Gasteiger partial charge is 0.493 e. The minimum Gasteiger partial charge on any atom is -0.493 e. The Morgan fingerprint density at radius 3 is 2.70 bits per heavy atom. The summed E-state index contributed by atoms with van der Waals surface area (Å²) in [5.74, 6) is 0.776. The van der Waals surface area contributed by atoms with Gasteiger partial charge in [-0.15, -0.1) is 0 Å². The Morgan fingerprint density at radius 2 is 2.00 bits per heavy atom. The Labute approximate surface area is 176 Å². The fraction of sp³-hybridized carbons (Fsp3) is 0.364. The van der Waals surface area contributed by atoms with Gasteiger partial charge in [0.1, 0.15) is 11.9 Å². The van der Waals surface area contributed by atoms with E-state index >= 15 is 0 Å². The van der Waals surface area contributed by atoms with E-state index in [-0.39, 0.29) is 18.6 Å². The summed E-state index contributed by atoms with van der Waals surface area (Å²) in [6.45, 7) is 3.83. The highest BCUT2D eigenvalue weighted by molar-refractivity contribution is 5.94. The Morgan fingerprint density at radius 1 is 1.23 bits per heavy atom. The van der Waals surface area contributed by atoms with Crippen LogP contribution in [-0.2, 0) is 4.79 Å². The molecule has 1 atom stereocenters. The molecule has 0 fully saturated rings. The fourth-order valence-electron chi connectivity index (χ4n) is 3.45. The highest BCUT2D eigenvalue weighted by Crippen LogP contribution is 2.33. The summed E-state index contributed by atoms with van der Waals surface area (Å²) in [6.07, 6.45) is -0.145. The van der Waals surface area contributed by atoms with Crippen LogP contribution in [0.2, 0.25) is 0 Å². The zero-order chi connectivity index (χ0) is 21.7. The first-order valence-electron chi connectivity index (χ1n) is 9.78. The standard InChI is InChI=1S/C22H27N3O5/c1-4-25-13-16(30-18-8-6-5-7-17(18)25)12-24(2)22(27)15-9-10-19(20(11-15)28-3)29-14-21(23)26/h5-11,16H,4,12-14H2,1-3H3,(H2,23,26)/t16-/m1/s1. The number of nitrogens with zero attached hydrogens (tertiary/aromatic N) is 2. The van der Waals surface area contributed by atoms with Crippen molar-refractivity contribution in [2.24, 2.45) is 5.73 Å². The molecule has 2 N–H and O–H groups in total. The summed E-state index contributed by atoms with van der Waals surface area (Å²) in [7, 11) is 3.21. The Bertz CT molecular complexity index is 917. The molecule has 8 heteroatoms. The van der Waals surface area contributed by atoms with Crippen LogP contribution in [-0.4, -0.2) is 63.2 Å². The summed E-state index contributed by atoms with van der Waals surface area (Å²) in [6, 6.07) is 12.7. The van der Waals surface area contributed by atoms with Gasteiger partial charge in [0.05, 0.1) is 25.9 Å². The molecule has 2 aromatic carbocycles. The molecular weight excluding hydrogens is 386 g/mol. The van der Waals surface area contributed by atoms with E-state index < -0.39 is 5.91 Å². The first-order chi connectivity index (χ1) is 14.4. The van der Waals surface area contributed by atoms with Gasteiger partial charge in [-0.25, -0.2) is 0 Å². The first kappa shape index (κ1) is 21.3. The molecule has 2 aromatic rings. The molecule has 1 aliphatic heterocycles. The van der Waals surface area contributed by atoms with Crippen LogP contribution in [0.4, 0.5) is 5.69 Å². The maximum atomic E-state index is 12.9. The smallest absolute Gasteiger partial charge is 0.255 e. The maximum Gasteiger partial charge on any atom is 0.255 e. The lowest BCUT2D eigenvalue weighted by Gasteiger charge is -2.37. The van der Waals surface area contributed by atoms with E-state index in [1.165, 1.54) is 7.11 Å². The van der Waals surface area contributed by atoms with E-state index in [1.807, 2.05) is 24.3 Å². The van der Waals surface area contributed by atoms with Crippen LogP contribution < -0.4 is 24.8 Å². The molecule has 1 aliphatic rings. The number of primary amides is 1. The number of methoxy groups -OCH3 is 1. The van der Waals surface area contributed by atoms with Crippen LogP contribution in [0, 0.1) is 0 Å². The third-order valence-corrected chi connectivity index (χ3v) is 4.91. The number of hydrogen-bond acceptors (Lipinski definition) is 6. The second-order valence-corrected chi connectivity index (χ2v) is 7.05. The fourth-order valence-corrected chi connectivity index (χ4v) is 3.45. The normalized spacial score (nSPS) is 15.0. The van der Waals surface area contributed by atoms with E-state index in [4.69, 9.17) is 19.9 Å². The minimum absolute atomic E-state index is 0.145. The first-order valence-corrected chi connectivity index (χ1v) is 9.78. The van der Waals surface area contributed by atoms with Gasteiger partial charge in [0.2, 0.25) is 0 Å². The number of anilines is 1. The van der Waals surface area contributed by atoms with Crippen LogP contribution in [0.3, 0.4) is 0 Å². The summed E-state index contributed by atoms with van der Waals surface area (Å²) in [5.41, 5.74) is 6.63. The van der Waals surface area contributed by atoms with Gasteiger partial charge >= 0.3 is 0 Å². The Hall–Kier alpha value is -3.42. The molecule has 0 radical (unpaired) electrons. The van der Waals surface area contributed by atoms with Crippen molar-refractivity contribution in [2.75, 3.05) is 45.3 Å². The predicted molar refractivity (Wildman–Crippen MR) is 113 cm³/mol. The number of rotatable bonds is 8. The van der Waals surface area contributed by atoms with Gasteiger partial charge in [-0.1, -0.05) is 12.1 Å². The average Bonchev–Trinajstić information content (AvgIpc) is 2.76. The SMILES string of the molecule is CCN1C[C@@H](CN(C)C(=O)c2ccc(OCC(N)=O)c(OC)c2)Oc2ccccc21. The molecule has 0 unspecified atom stereocenters. The number of carbonyl (C=O) groups is 2. The summed E-state index contributed by atoms with van der Waals surface area (Å²) < 4.78 is 16.7. The van der Waals surface area contributed by atoms with Crippen LogP contribution in [0.25, 0.3) is 0 Å². The van der Waals surface area contributed by atoms with Crippen molar-refractivity contribution in [1.29, 1.82) is 0 Å². The minimum atomic E-state index is -0.591. The maximum absolute atomic E-state index is 12.9. The predicted octanol–water partition coefficient (Wildman–Crippen LogP) is 1.92. The summed E-state index contributed by atoms with van der Waals surface area (Å²) >= 11 is 0. The van der Waals surface area contributed by atoms with Crippen molar-refractivity contribution in [3.8, 4) is 17.2 Å². The molecule has 8 nitrogen and oxygen atoms in total. The molecule has 160 valence electrons. The number of likely N-dealkylation sites (N-methyl/N-ethyl adjacent to an activating group) is 2. The number of nitrogens with two attached hydrogens (primary N) is 1. The molecule has 1 heterocycles. The van der Waals surface area contributed by atoms with Crippen LogP contribution in [0.5, 0.6) is 17.2 Å². The van der Waals surface area contributed by atoms with E-state index in [0.29, 0.717) is 30.2 Å². The highest BCUT2D eigenvalue weighted by atomic mass is 16.5. The lowest BCUT2D eigenvalue weighted by molar-refractivity contribution is -0.119. The zero-order valence-electron chi connectivity index (χ0n) is 17.5. The third kappa shape index (κ3) is 4.76.